The molecule has 0 spiro atoms. The minimum absolute atomic E-state index is 0.170. The molecule has 2 aromatic heterocycles. The van der Waals surface area contributed by atoms with Gasteiger partial charge in [-0.05, 0) is 30.3 Å². The summed E-state index contributed by atoms with van der Waals surface area (Å²) in [6.45, 7) is 1.95. The van der Waals surface area contributed by atoms with E-state index in [0.29, 0.717) is 28.8 Å². The highest BCUT2D eigenvalue weighted by molar-refractivity contribution is 7.99. The van der Waals surface area contributed by atoms with E-state index < -0.39 is 5.82 Å². The molecule has 0 atom stereocenters. The van der Waals surface area contributed by atoms with E-state index in [9.17, 15) is 9.18 Å². The van der Waals surface area contributed by atoms with Crippen molar-refractivity contribution in [2.75, 3.05) is 11.1 Å². The van der Waals surface area contributed by atoms with Gasteiger partial charge in [-0.2, -0.15) is 4.98 Å². The molecule has 1 N–H and O–H groups in total. The average molecular weight is 358 g/mol. The molecule has 0 saturated heterocycles. The van der Waals surface area contributed by atoms with Crippen molar-refractivity contribution in [1.82, 2.24) is 15.1 Å². The Balaban J connectivity index is 1.55. The number of benzene rings is 1. The zero-order valence-electron chi connectivity index (χ0n) is 13.4. The van der Waals surface area contributed by atoms with Crippen LogP contribution in [-0.2, 0) is 11.2 Å². The van der Waals surface area contributed by atoms with Crippen molar-refractivity contribution in [3.8, 4) is 11.5 Å². The van der Waals surface area contributed by atoms with E-state index in [2.05, 4.69) is 20.4 Å². The Hall–Kier alpha value is -2.74. The molecule has 0 saturated carbocycles. The number of nitrogens with one attached hydrogen (secondary N) is 1. The Morgan fingerprint density at radius 3 is 2.88 bits per heavy atom. The van der Waals surface area contributed by atoms with Crippen molar-refractivity contribution in [1.29, 1.82) is 0 Å². The first-order chi connectivity index (χ1) is 12.1. The van der Waals surface area contributed by atoms with E-state index in [0.717, 1.165) is 5.56 Å². The van der Waals surface area contributed by atoms with Gasteiger partial charge in [0.1, 0.15) is 5.82 Å². The third-order valence-electron chi connectivity index (χ3n) is 3.23. The van der Waals surface area contributed by atoms with Crippen LogP contribution in [0.25, 0.3) is 11.5 Å². The molecule has 0 aliphatic heterocycles. The molecular weight excluding hydrogens is 343 g/mol. The van der Waals surface area contributed by atoms with Crippen LogP contribution in [0.4, 0.5) is 10.1 Å². The van der Waals surface area contributed by atoms with Gasteiger partial charge >= 0.3 is 0 Å². The summed E-state index contributed by atoms with van der Waals surface area (Å²) in [6, 6.07) is 9.36. The molecule has 3 aromatic rings. The lowest BCUT2D eigenvalue weighted by atomic mass is 10.3. The number of aryl methyl sites for hydroxylation is 1. The Morgan fingerprint density at radius 2 is 2.20 bits per heavy atom. The summed E-state index contributed by atoms with van der Waals surface area (Å²) in [4.78, 5) is 20.4. The predicted octanol–water partition coefficient (Wildman–Crippen LogP) is 3.56. The lowest BCUT2D eigenvalue weighted by molar-refractivity contribution is -0.113. The smallest absolute Gasteiger partial charge is 0.259 e. The van der Waals surface area contributed by atoms with Crippen molar-refractivity contribution in [3.05, 3.63) is 54.2 Å². The Bertz CT molecular complexity index is 867. The van der Waals surface area contributed by atoms with Gasteiger partial charge in [0.05, 0.1) is 16.3 Å². The number of halogens is 1. The second-order valence-electron chi connectivity index (χ2n) is 5.10. The van der Waals surface area contributed by atoms with Gasteiger partial charge in [0.2, 0.25) is 5.91 Å². The van der Waals surface area contributed by atoms with Crippen molar-refractivity contribution in [3.63, 3.8) is 0 Å². The molecule has 6 nitrogen and oxygen atoms in total. The molecule has 0 bridgehead atoms. The second-order valence-corrected chi connectivity index (χ2v) is 6.10. The van der Waals surface area contributed by atoms with E-state index in [-0.39, 0.29) is 11.7 Å². The van der Waals surface area contributed by atoms with Gasteiger partial charge in [0.15, 0.2) is 5.82 Å². The van der Waals surface area contributed by atoms with Crippen LogP contribution in [0.3, 0.4) is 0 Å². The Labute approximate surface area is 147 Å². The Morgan fingerprint density at radius 1 is 1.32 bits per heavy atom. The molecule has 8 heteroatoms. The normalized spacial score (nSPS) is 10.6. The monoisotopic (exact) mass is 358 g/mol. The molecule has 3 rings (SSSR count). The zero-order valence-corrected chi connectivity index (χ0v) is 14.2. The molecule has 0 aliphatic carbocycles. The standard InChI is InChI=1S/C17H15FN4O2S/c1-2-14-21-17(24-22-14)11-6-7-16(19-9-11)25-10-15(23)20-13-5-3-4-12(18)8-13/h3-9H,2,10H2,1H3,(H,20,23). The van der Waals surface area contributed by atoms with Gasteiger partial charge in [-0.1, -0.05) is 29.9 Å². The quantitative estimate of drug-likeness (QED) is 0.679. The first-order valence-corrected chi connectivity index (χ1v) is 8.60. The number of hydrogen-bond acceptors (Lipinski definition) is 6. The van der Waals surface area contributed by atoms with Crippen LogP contribution in [0.2, 0.25) is 0 Å². The van der Waals surface area contributed by atoms with Gasteiger partial charge in [-0.25, -0.2) is 9.37 Å². The lowest BCUT2D eigenvalue weighted by Gasteiger charge is -2.05. The molecule has 1 aromatic carbocycles. The van der Waals surface area contributed by atoms with Crippen molar-refractivity contribution >= 4 is 23.4 Å². The van der Waals surface area contributed by atoms with Gasteiger partial charge < -0.3 is 9.84 Å². The van der Waals surface area contributed by atoms with Crippen LogP contribution in [0, 0.1) is 5.82 Å². The topological polar surface area (TPSA) is 80.9 Å². The molecule has 0 aliphatic rings. The number of nitrogens with zero attached hydrogens (tertiary/aromatic N) is 3. The maximum Gasteiger partial charge on any atom is 0.259 e. The summed E-state index contributed by atoms with van der Waals surface area (Å²) < 4.78 is 18.2. The summed E-state index contributed by atoms with van der Waals surface area (Å²) in [5.41, 5.74) is 1.15. The Kier molecular flexibility index (Phi) is 5.39. The van der Waals surface area contributed by atoms with Gasteiger partial charge in [0.25, 0.3) is 5.89 Å². The average Bonchev–Trinajstić information content (AvgIpc) is 3.10. The second kappa shape index (κ2) is 7.89. The molecule has 128 valence electrons. The largest absolute Gasteiger partial charge is 0.334 e. The zero-order chi connectivity index (χ0) is 17.6. The third-order valence-corrected chi connectivity index (χ3v) is 4.17. The predicted molar refractivity (Wildman–Crippen MR) is 92.7 cm³/mol. The third kappa shape index (κ3) is 4.63. The van der Waals surface area contributed by atoms with E-state index in [4.69, 9.17) is 4.52 Å². The first-order valence-electron chi connectivity index (χ1n) is 7.61. The summed E-state index contributed by atoms with van der Waals surface area (Å²) >= 11 is 1.28. The molecule has 1 amide bonds. The van der Waals surface area contributed by atoms with Crippen molar-refractivity contribution in [2.45, 2.75) is 18.4 Å². The minimum atomic E-state index is -0.394. The number of anilines is 1. The van der Waals surface area contributed by atoms with Crippen LogP contribution in [0.1, 0.15) is 12.7 Å². The number of rotatable bonds is 6. The van der Waals surface area contributed by atoms with E-state index in [1.165, 1.54) is 23.9 Å². The highest BCUT2D eigenvalue weighted by Crippen LogP contribution is 2.21. The van der Waals surface area contributed by atoms with Crippen LogP contribution < -0.4 is 5.32 Å². The molecule has 0 unspecified atom stereocenters. The maximum absolute atomic E-state index is 13.1. The summed E-state index contributed by atoms with van der Waals surface area (Å²) in [7, 11) is 0. The van der Waals surface area contributed by atoms with Crippen LogP contribution in [-0.4, -0.2) is 26.8 Å². The number of carbonyl (C=O) groups excluding carboxylic acids is 1. The highest BCUT2D eigenvalue weighted by atomic mass is 32.2. The SMILES string of the molecule is CCc1noc(-c2ccc(SCC(=O)Nc3cccc(F)c3)nc2)n1. The number of amides is 1. The molecule has 2 heterocycles. The number of aromatic nitrogens is 3. The fourth-order valence-corrected chi connectivity index (χ4v) is 2.65. The van der Waals surface area contributed by atoms with Gasteiger partial charge in [-0.3, -0.25) is 4.79 Å². The lowest BCUT2D eigenvalue weighted by Crippen LogP contribution is -2.14. The van der Waals surface area contributed by atoms with Crippen molar-refractivity contribution in [2.24, 2.45) is 0 Å². The van der Waals surface area contributed by atoms with Crippen LogP contribution >= 0.6 is 11.8 Å². The fourth-order valence-electron chi connectivity index (χ4n) is 2.01. The molecule has 25 heavy (non-hydrogen) atoms. The fraction of sp³-hybridized carbons (Fsp3) is 0.176. The number of pyridine rings is 1. The van der Waals surface area contributed by atoms with E-state index in [1.54, 1.807) is 24.4 Å². The van der Waals surface area contributed by atoms with Gasteiger partial charge in [0, 0.05) is 18.3 Å². The molecule has 0 radical (unpaired) electrons. The highest BCUT2D eigenvalue weighted by Gasteiger charge is 2.09. The summed E-state index contributed by atoms with van der Waals surface area (Å²) in [5, 5.41) is 7.17. The van der Waals surface area contributed by atoms with Gasteiger partial charge in [-0.15, -0.1) is 0 Å². The maximum atomic E-state index is 13.1. The number of hydrogen-bond donors (Lipinski definition) is 1. The number of thioether (sulfide) groups is 1. The molecular formula is C17H15FN4O2S. The van der Waals surface area contributed by atoms with E-state index >= 15 is 0 Å². The van der Waals surface area contributed by atoms with E-state index in [1.807, 2.05) is 13.0 Å². The number of carbonyl (C=O) groups is 1. The first kappa shape index (κ1) is 17.1. The summed E-state index contributed by atoms with van der Waals surface area (Å²) in [5.74, 6) is 0.608. The molecule has 0 fully saturated rings. The van der Waals surface area contributed by atoms with Crippen LogP contribution in [0.15, 0.2) is 52.1 Å². The van der Waals surface area contributed by atoms with Crippen molar-refractivity contribution < 1.29 is 13.7 Å². The van der Waals surface area contributed by atoms with Crippen LogP contribution in [0.5, 0.6) is 0 Å². The summed E-state index contributed by atoms with van der Waals surface area (Å²) in [6.07, 6.45) is 2.32. The minimum Gasteiger partial charge on any atom is -0.334 e.